The van der Waals surface area contributed by atoms with Crippen LogP contribution in [0.4, 0.5) is 10.1 Å². The van der Waals surface area contributed by atoms with Crippen molar-refractivity contribution in [2.24, 2.45) is 0 Å². The van der Waals surface area contributed by atoms with Gasteiger partial charge in [0.2, 0.25) is 0 Å². The summed E-state index contributed by atoms with van der Waals surface area (Å²) in [6.07, 6.45) is 0.970. The first kappa shape index (κ1) is 15.0. The lowest BCUT2D eigenvalue weighted by atomic mass is 10.0. The minimum atomic E-state index is -1.07. The highest BCUT2D eigenvalue weighted by atomic mass is 19.1. The van der Waals surface area contributed by atoms with Gasteiger partial charge in [0.25, 0.3) is 0 Å². The summed E-state index contributed by atoms with van der Waals surface area (Å²) in [6, 6.07) is 11.7. The maximum Gasteiger partial charge on any atom is 0.335 e. The highest BCUT2D eigenvalue weighted by molar-refractivity contribution is 5.88. The molecule has 2 rings (SSSR count). The number of aryl methyl sites for hydroxylation is 1. The fraction of sp³-hybridized carbons (Fsp3) is 0.235. The van der Waals surface area contributed by atoms with Crippen LogP contribution in [0.3, 0.4) is 0 Å². The number of carboxylic acids is 1. The minimum absolute atomic E-state index is 0.0624. The maximum atomic E-state index is 13.8. The van der Waals surface area contributed by atoms with Crippen molar-refractivity contribution in [3.63, 3.8) is 0 Å². The number of carbonyl (C=O) groups is 1. The fourth-order valence-corrected chi connectivity index (χ4v) is 2.13. The molecule has 0 saturated heterocycles. The molecule has 0 saturated carbocycles. The molecule has 0 heterocycles. The highest BCUT2D eigenvalue weighted by Crippen LogP contribution is 2.23. The first-order valence-corrected chi connectivity index (χ1v) is 6.89. The Hall–Kier alpha value is -2.36. The predicted octanol–water partition coefficient (Wildman–Crippen LogP) is 4.26. The molecule has 1 unspecified atom stereocenters. The van der Waals surface area contributed by atoms with Gasteiger partial charge in [-0.05, 0) is 42.7 Å². The Kier molecular flexibility index (Phi) is 4.58. The Labute approximate surface area is 123 Å². The lowest BCUT2D eigenvalue weighted by Gasteiger charge is -2.17. The number of aromatic carboxylic acids is 1. The van der Waals surface area contributed by atoms with E-state index < -0.39 is 11.8 Å². The van der Waals surface area contributed by atoms with E-state index in [0.717, 1.165) is 12.0 Å². The molecule has 0 aliphatic heterocycles. The zero-order valence-corrected chi connectivity index (χ0v) is 12.1. The van der Waals surface area contributed by atoms with Crippen LogP contribution in [0.25, 0.3) is 0 Å². The molecule has 2 aromatic carbocycles. The number of halogens is 1. The van der Waals surface area contributed by atoms with Gasteiger partial charge < -0.3 is 10.4 Å². The lowest BCUT2D eigenvalue weighted by Crippen LogP contribution is -2.09. The van der Waals surface area contributed by atoms with Crippen LogP contribution < -0.4 is 5.32 Å². The molecule has 2 aromatic rings. The molecular formula is C17H18FNO2. The monoisotopic (exact) mass is 287 g/mol. The summed E-state index contributed by atoms with van der Waals surface area (Å²) in [6.45, 7) is 4.00. The molecule has 0 aliphatic carbocycles. The molecule has 0 aromatic heterocycles. The van der Waals surface area contributed by atoms with Crippen LogP contribution in [0.1, 0.15) is 41.4 Å². The molecule has 0 bridgehead atoms. The Morgan fingerprint density at radius 3 is 2.48 bits per heavy atom. The molecule has 0 radical (unpaired) electrons. The normalized spacial score (nSPS) is 12.0. The quantitative estimate of drug-likeness (QED) is 0.864. The van der Waals surface area contributed by atoms with E-state index in [1.54, 1.807) is 0 Å². The Bertz CT molecular complexity index is 638. The summed E-state index contributed by atoms with van der Waals surface area (Å²) in [5, 5.41) is 12.0. The van der Waals surface area contributed by atoms with E-state index in [1.807, 2.05) is 31.2 Å². The third-order valence-electron chi connectivity index (χ3n) is 3.47. The van der Waals surface area contributed by atoms with Crippen LogP contribution in [0.5, 0.6) is 0 Å². The molecule has 3 nitrogen and oxygen atoms in total. The van der Waals surface area contributed by atoms with Crippen molar-refractivity contribution in [3.05, 3.63) is 65.0 Å². The number of hydrogen-bond acceptors (Lipinski definition) is 2. The third-order valence-corrected chi connectivity index (χ3v) is 3.47. The van der Waals surface area contributed by atoms with Crippen LogP contribution in [-0.4, -0.2) is 11.1 Å². The van der Waals surface area contributed by atoms with Gasteiger partial charge in [0.05, 0.1) is 11.3 Å². The largest absolute Gasteiger partial charge is 0.478 e. The van der Waals surface area contributed by atoms with E-state index in [1.165, 1.54) is 23.8 Å². The number of hydrogen-bond donors (Lipinski definition) is 2. The first-order chi connectivity index (χ1) is 10.0. The number of anilines is 1. The van der Waals surface area contributed by atoms with Gasteiger partial charge in [0.15, 0.2) is 0 Å². The SMILES string of the molecule is CCc1ccc(C(C)Nc2cc(C(=O)O)ccc2F)cc1. The molecule has 0 fully saturated rings. The molecule has 4 heteroatoms. The summed E-state index contributed by atoms with van der Waals surface area (Å²) < 4.78 is 13.8. The average molecular weight is 287 g/mol. The third kappa shape index (κ3) is 3.60. The van der Waals surface area contributed by atoms with Gasteiger partial charge in [-0.1, -0.05) is 31.2 Å². The maximum absolute atomic E-state index is 13.8. The van der Waals surface area contributed by atoms with Gasteiger partial charge in [-0.25, -0.2) is 9.18 Å². The molecule has 0 spiro atoms. The summed E-state index contributed by atoms with van der Waals surface area (Å²) >= 11 is 0. The van der Waals surface area contributed by atoms with Crippen molar-refractivity contribution in [2.75, 3.05) is 5.32 Å². The second kappa shape index (κ2) is 6.39. The molecule has 1 atom stereocenters. The number of carboxylic acid groups (broad SMARTS) is 1. The van der Waals surface area contributed by atoms with Crippen molar-refractivity contribution in [1.29, 1.82) is 0 Å². The van der Waals surface area contributed by atoms with E-state index in [9.17, 15) is 9.18 Å². The van der Waals surface area contributed by atoms with Gasteiger partial charge in [0.1, 0.15) is 5.82 Å². The fourth-order valence-electron chi connectivity index (χ4n) is 2.13. The van der Waals surface area contributed by atoms with Gasteiger partial charge in [-0.15, -0.1) is 0 Å². The summed E-state index contributed by atoms with van der Waals surface area (Å²) in [5.74, 6) is -1.53. The molecule has 0 aliphatic rings. The van der Waals surface area contributed by atoms with Crippen molar-refractivity contribution in [3.8, 4) is 0 Å². The topological polar surface area (TPSA) is 49.3 Å². The van der Waals surface area contributed by atoms with E-state index in [-0.39, 0.29) is 17.3 Å². The Balaban J connectivity index is 2.19. The highest BCUT2D eigenvalue weighted by Gasteiger charge is 2.11. The van der Waals surface area contributed by atoms with Crippen LogP contribution >= 0.6 is 0 Å². The smallest absolute Gasteiger partial charge is 0.335 e. The van der Waals surface area contributed by atoms with Crippen molar-refractivity contribution >= 4 is 11.7 Å². The van der Waals surface area contributed by atoms with Gasteiger partial charge in [-0.2, -0.15) is 0 Å². The van der Waals surface area contributed by atoms with Crippen molar-refractivity contribution < 1.29 is 14.3 Å². The second-order valence-electron chi connectivity index (χ2n) is 4.96. The standard InChI is InChI=1S/C17H18FNO2/c1-3-12-4-6-13(7-5-12)11(2)19-16-10-14(17(20)21)8-9-15(16)18/h4-11,19H,3H2,1-2H3,(H,20,21). The van der Waals surface area contributed by atoms with E-state index in [0.29, 0.717) is 0 Å². The summed E-state index contributed by atoms with van der Waals surface area (Å²) in [7, 11) is 0. The second-order valence-corrected chi connectivity index (χ2v) is 4.96. The van der Waals surface area contributed by atoms with Crippen LogP contribution in [0, 0.1) is 5.82 Å². The van der Waals surface area contributed by atoms with Crippen molar-refractivity contribution in [1.82, 2.24) is 0 Å². The minimum Gasteiger partial charge on any atom is -0.478 e. The van der Waals surface area contributed by atoms with Crippen molar-refractivity contribution in [2.45, 2.75) is 26.3 Å². The summed E-state index contributed by atoms with van der Waals surface area (Å²) in [4.78, 5) is 10.9. The number of rotatable bonds is 5. The molecule has 21 heavy (non-hydrogen) atoms. The average Bonchev–Trinajstić information content (AvgIpc) is 2.49. The molecule has 2 N–H and O–H groups in total. The molecule has 0 amide bonds. The Morgan fingerprint density at radius 2 is 1.90 bits per heavy atom. The Morgan fingerprint density at radius 1 is 1.24 bits per heavy atom. The molecular weight excluding hydrogens is 269 g/mol. The van der Waals surface area contributed by atoms with Gasteiger partial charge in [0, 0.05) is 6.04 Å². The summed E-state index contributed by atoms with van der Waals surface area (Å²) in [5.41, 5.74) is 2.52. The zero-order chi connectivity index (χ0) is 15.4. The van der Waals surface area contributed by atoms with Crippen LogP contribution in [-0.2, 0) is 6.42 Å². The van der Waals surface area contributed by atoms with E-state index >= 15 is 0 Å². The number of nitrogens with one attached hydrogen (secondary N) is 1. The van der Waals surface area contributed by atoms with Crippen LogP contribution in [0.15, 0.2) is 42.5 Å². The lowest BCUT2D eigenvalue weighted by molar-refractivity contribution is 0.0697. The van der Waals surface area contributed by atoms with E-state index in [2.05, 4.69) is 12.2 Å². The first-order valence-electron chi connectivity index (χ1n) is 6.89. The van der Waals surface area contributed by atoms with Gasteiger partial charge in [-0.3, -0.25) is 0 Å². The number of benzene rings is 2. The van der Waals surface area contributed by atoms with Gasteiger partial charge >= 0.3 is 5.97 Å². The zero-order valence-electron chi connectivity index (χ0n) is 12.1. The predicted molar refractivity (Wildman–Crippen MR) is 81.2 cm³/mol. The molecule has 110 valence electrons. The van der Waals surface area contributed by atoms with Crippen LogP contribution in [0.2, 0.25) is 0 Å². The van der Waals surface area contributed by atoms with E-state index in [4.69, 9.17) is 5.11 Å².